The van der Waals surface area contributed by atoms with E-state index in [1.807, 2.05) is 42.5 Å². The van der Waals surface area contributed by atoms with Crippen LogP contribution in [0.2, 0.25) is 0 Å². The van der Waals surface area contributed by atoms with E-state index in [-0.39, 0.29) is 5.91 Å². The molecule has 1 amide bonds. The molecule has 1 aromatic carbocycles. The summed E-state index contributed by atoms with van der Waals surface area (Å²) in [7, 11) is 0. The third kappa shape index (κ3) is 3.80. The molecule has 132 valence electrons. The van der Waals surface area contributed by atoms with Gasteiger partial charge in [0.15, 0.2) is 0 Å². The fourth-order valence-corrected chi connectivity index (χ4v) is 5.45. The van der Waals surface area contributed by atoms with E-state index in [1.165, 1.54) is 24.1 Å². The van der Waals surface area contributed by atoms with Crippen molar-refractivity contribution in [2.45, 2.75) is 63.7 Å². The maximum Gasteiger partial charge on any atom is 0.251 e. The van der Waals surface area contributed by atoms with Gasteiger partial charge in [-0.2, -0.15) is 0 Å². The van der Waals surface area contributed by atoms with Crippen LogP contribution in [0.4, 0.5) is 0 Å². The lowest BCUT2D eigenvalue weighted by atomic mass is 9.81. The normalized spacial score (nSPS) is 28.5. The van der Waals surface area contributed by atoms with Crippen molar-refractivity contribution in [2.75, 3.05) is 0 Å². The van der Waals surface area contributed by atoms with Crippen LogP contribution in [0.5, 0.6) is 0 Å². The van der Waals surface area contributed by atoms with E-state index >= 15 is 0 Å². The lowest BCUT2D eigenvalue weighted by Gasteiger charge is -2.45. The second-order valence-electron chi connectivity index (χ2n) is 7.67. The molecule has 4 atom stereocenters. The molecule has 3 heterocycles. The molecule has 0 spiro atoms. The molecule has 0 radical (unpaired) electrons. The lowest BCUT2D eigenvalue weighted by Crippen LogP contribution is -3.20. The van der Waals surface area contributed by atoms with Gasteiger partial charge in [0, 0.05) is 24.4 Å². The summed E-state index contributed by atoms with van der Waals surface area (Å²) in [5.41, 5.74) is 1.93. The summed E-state index contributed by atoms with van der Waals surface area (Å²) in [6.07, 6.45) is 6.19. The summed E-state index contributed by atoms with van der Waals surface area (Å²) in [4.78, 5) is 15.9. The molecular weight excluding hydrogens is 328 g/mol. The van der Waals surface area contributed by atoms with Crippen molar-refractivity contribution >= 4 is 17.2 Å². The monoisotopic (exact) mass is 355 g/mol. The van der Waals surface area contributed by atoms with Gasteiger partial charge in [0.25, 0.3) is 5.91 Å². The Morgan fingerprint density at radius 3 is 2.68 bits per heavy atom. The van der Waals surface area contributed by atoms with Gasteiger partial charge in [0.05, 0.1) is 17.0 Å². The number of aryl methyl sites for hydroxylation is 1. The Morgan fingerprint density at radius 2 is 2.00 bits per heavy atom. The van der Waals surface area contributed by atoms with Crippen molar-refractivity contribution in [3.05, 3.63) is 57.8 Å². The summed E-state index contributed by atoms with van der Waals surface area (Å²) in [6, 6.07) is 14.0. The number of hydrogen-bond donors (Lipinski definition) is 2. The molecule has 2 unspecified atom stereocenters. The first-order chi connectivity index (χ1) is 12.2. The first kappa shape index (κ1) is 16.8. The van der Waals surface area contributed by atoms with Crippen molar-refractivity contribution in [3.8, 4) is 0 Å². The summed E-state index contributed by atoms with van der Waals surface area (Å²) < 4.78 is 0. The Morgan fingerprint density at radius 1 is 1.20 bits per heavy atom. The van der Waals surface area contributed by atoms with E-state index in [2.05, 4.69) is 22.8 Å². The van der Waals surface area contributed by atoms with E-state index in [4.69, 9.17) is 0 Å². The molecule has 2 aliphatic heterocycles. The number of amides is 1. The number of quaternary nitrogens is 1. The van der Waals surface area contributed by atoms with Gasteiger partial charge < -0.3 is 10.2 Å². The molecule has 1 aromatic heterocycles. The highest BCUT2D eigenvalue weighted by atomic mass is 32.1. The van der Waals surface area contributed by atoms with Crippen LogP contribution in [0.1, 0.15) is 52.9 Å². The van der Waals surface area contributed by atoms with Gasteiger partial charge in [-0.05, 0) is 49.8 Å². The molecule has 25 heavy (non-hydrogen) atoms. The quantitative estimate of drug-likeness (QED) is 0.869. The van der Waals surface area contributed by atoms with Gasteiger partial charge in [0.1, 0.15) is 6.54 Å². The summed E-state index contributed by atoms with van der Waals surface area (Å²) in [6.45, 7) is 3.19. The smallest absolute Gasteiger partial charge is 0.251 e. The van der Waals surface area contributed by atoms with Gasteiger partial charge in [-0.15, -0.1) is 11.3 Å². The predicted molar refractivity (Wildman–Crippen MR) is 102 cm³/mol. The minimum absolute atomic E-state index is 0.0912. The van der Waals surface area contributed by atoms with Gasteiger partial charge in [-0.1, -0.05) is 23.8 Å². The summed E-state index contributed by atoms with van der Waals surface area (Å²) in [5.74, 6) is 0.0912. The Bertz CT molecular complexity index is 713. The topological polar surface area (TPSA) is 33.5 Å². The molecule has 2 fully saturated rings. The minimum Gasteiger partial charge on any atom is -0.349 e. The van der Waals surface area contributed by atoms with Crippen molar-refractivity contribution in [2.24, 2.45) is 0 Å². The average Bonchev–Trinajstić information content (AvgIpc) is 3.08. The molecule has 2 aliphatic rings. The Kier molecular flexibility index (Phi) is 4.91. The number of fused-ring (bicyclic) bond motifs is 2. The highest BCUT2D eigenvalue weighted by molar-refractivity contribution is 7.09. The van der Waals surface area contributed by atoms with E-state index < -0.39 is 0 Å². The molecule has 2 saturated heterocycles. The number of piperidine rings is 2. The predicted octanol–water partition coefficient (Wildman–Crippen LogP) is 2.95. The third-order valence-corrected chi connectivity index (χ3v) is 6.74. The molecule has 2 N–H and O–H groups in total. The molecular formula is C21H27N2OS+. The molecule has 0 aliphatic carbocycles. The van der Waals surface area contributed by atoms with E-state index in [9.17, 15) is 4.79 Å². The number of benzene rings is 1. The molecule has 2 bridgehead atoms. The van der Waals surface area contributed by atoms with Crippen molar-refractivity contribution in [3.63, 3.8) is 0 Å². The van der Waals surface area contributed by atoms with E-state index in [0.29, 0.717) is 18.1 Å². The number of rotatable bonds is 4. The zero-order valence-electron chi connectivity index (χ0n) is 14.8. The van der Waals surface area contributed by atoms with Crippen LogP contribution in [0.15, 0.2) is 41.8 Å². The van der Waals surface area contributed by atoms with Crippen LogP contribution in [0.25, 0.3) is 0 Å². The van der Waals surface area contributed by atoms with E-state index in [0.717, 1.165) is 30.5 Å². The fourth-order valence-electron chi connectivity index (χ4n) is 4.71. The highest BCUT2D eigenvalue weighted by Crippen LogP contribution is 2.23. The molecule has 3 nitrogen and oxygen atoms in total. The SMILES string of the molecule is Cc1cccc(C(=O)NC2C[C@H]3CCC[C@@H](C2)[NH+]3Cc2cccs2)c1. The second kappa shape index (κ2) is 7.30. The van der Waals surface area contributed by atoms with Crippen LogP contribution in [-0.4, -0.2) is 24.0 Å². The Balaban J connectivity index is 1.42. The van der Waals surface area contributed by atoms with Crippen molar-refractivity contribution in [1.82, 2.24) is 5.32 Å². The Hall–Kier alpha value is -1.65. The number of thiophene rings is 1. The zero-order valence-corrected chi connectivity index (χ0v) is 15.6. The standard InChI is InChI=1S/C21H26N2OS/c1-15-5-2-6-16(11-15)21(24)22-17-12-18-7-3-8-19(13-17)23(18)14-20-9-4-10-25-20/h2,4-6,9-11,17-19H,3,7-8,12-14H2,1H3,(H,22,24)/p+1/t17?,18-,19+. The minimum atomic E-state index is 0.0912. The zero-order chi connectivity index (χ0) is 17.2. The number of hydrogen-bond acceptors (Lipinski definition) is 2. The van der Waals surface area contributed by atoms with Gasteiger partial charge in [-0.3, -0.25) is 4.79 Å². The van der Waals surface area contributed by atoms with Crippen LogP contribution < -0.4 is 10.2 Å². The van der Waals surface area contributed by atoms with Crippen LogP contribution >= 0.6 is 11.3 Å². The fraction of sp³-hybridized carbons (Fsp3) is 0.476. The molecule has 4 heteroatoms. The van der Waals surface area contributed by atoms with Crippen LogP contribution in [0.3, 0.4) is 0 Å². The number of carbonyl (C=O) groups is 1. The first-order valence-electron chi connectivity index (χ1n) is 9.44. The maximum absolute atomic E-state index is 12.6. The molecule has 0 saturated carbocycles. The lowest BCUT2D eigenvalue weighted by molar-refractivity contribution is -0.973. The highest BCUT2D eigenvalue weighted by Gasteiger charge is 2.42. The number of carbonyl (C=O) groups excluding carboxylic acids is 1. The van der Waals surface area contributed by atoms with Crippen LogP contribution in [0, 0.1) is 6.92 Å². The van der Waals surface area contributed by atoms with Crippen molar-refractivity contribution < 1.29 is 9.69 Å². The maximum atomic E-state index is 12.6. The van der Waals surface area contributed by atoms with Crippen LogP contribution in [-0.2, 0) is 6.54 Å². The number of nitrogens with one attached hydrogen (secondary N) is 2. The summed E-state index contributed by atoms with van der Waals surface area (Å²) in [5, 5.41) is 5.50. The summed E-state index contributed by atoms with van der Waals surface area (Å²) >= 11 is 1.87. The van der Waals surface area contributed by atoms with Gasteiger partial charge >= 0.3 is 0 Å². The van der Waals surface area contributed by atoms with Gasteiger partial charge in [-0.25, -0.2) is 0 Å². The average molecular weight is 356 g/mol. The molecule has 2 aromatic rings. The molecule has 4 rings (SSSR count). The van der Waals surface area contributed by atoms with Crippen molar-refractivity contribution in [1.29, 1.82) is 0 Å². The first-order valence-corrected chi connectivity index (χ1v) is 10.3. The third-order valence-electron chi connectivity index (χ3n) is 5.87. The Labute approximate surface area is 154 Å². The van der Waals surface area contributed by atoms with E-state index in [1.54, 1.807) is 4.90 Å². The van der Waals surface area contributed by atoms with Gasteiger partial charge in [0.2, 0.25) is 0 Å². The second-order valence-corrected chi connectivity index (χ2v) is 8.70. The largest absolute Gasteiger partial charge is 0.349 e.